The van der Waals surface area contributed by atoms with E-state index in [0.717, 1.165) is 12.1 Å². The highest BCUT2D eigenvalue weighted by molar-refractivity contribution is 6.18. The maximum Gasteiger partial charge on any atom is 0.418 e. The minimum absolute atomic E-state index is 0.00347. The number of hydrogen-bond donors (Lipinski definition) is 2. The van der Waals surface area contributed by atoms with Crippen LogP contribution in [0.5, 0.6) is 5.75 Å². The number of carbonyl (C=O) groups is 2. The molecule has 0 saturated heterocycles. The summed E-state index contributed by atoms with van der Waals surface area (Å²) in [6.45, 7) is 1.17. The number of rotatable bonds is 4. The highest BCUT2D eigenvalue weighted by Crippen LogP contribution is 2.44. The molecule has 4 aromatic rings. The second-order valence-electron chi connectivity index (χ2n) is 7.87. The normalized spacial score (nSPS) is 11.6. The molecule has 0 saturated carbocycles. The van der Waals surface area contributed by atoms with Crippen molar-refractivity contribution in [2.24, 2.45) is 5.73 Å². The van der Waals surface area contributed by atoms with Crippen molar-refractivity contribution in [1.82, 2.24) is 0 Å². The van der Waals surface area contributed by atoms with Gasteiger partial charge in [0.05, 0.1) is 23.8 Å². The molecular formula is C26H20F6N2O4. The Morgan fingerprint density at radius 3 is 1.84 bits per heavy atom. The van der Waals surface area contributed by atoms with Crippen molar-refractivity contribution >= 4 is 28.3 Å². The Bertz CT molecular complexity index is 1510. The molecule has 6 nitrogen and oxygen atoms in total. The van der Waals surface area contributed by atoms with Gasteiger partial charge < -0.3 is 20.6 Å². The molecule has 4 rings (SSSR count). The highest BCUT2D eigenvalue weighted by Gasteiger charge is 2.35. The van der Waals surface area contributed by atoms with Crippen LogP contribution in [-0.4, -0.2) is 18.8 Å². The summed E-state index contributed by atoms with van der Waals surface area (Å²) in [7, 11) is 1.33. The Balaban J connectivity index is 0.000000304. The van der Waals surface area contributed by atoms with Crippen molar-refractivity contribution in [1.29, 1.82) is 0 Å². The number of hydrogen-bond acceptors (Lipinski definition) is 5. The van der Waals surface area contributed by atoms with E-state index in [4.69, 9.17) is 20.6 Å². The van der Waals surface area contributed by atoms with Gasteiger partial charge in [0.1, 0.15) is 0 Å². The molecule has 3 aromatic carbocycles. The third kappa shape index (κ3) is 5.58. The number of nitrogen functional groups attached to an aromatic ring is 1. The second-order valence-corrected chi connectivity index (χ2v) is 7.87. The van der Waals surface area contributed by atoms with Crippen LogP contribution in [0.3, 0.4) is 0 Å². The van der Waals surface area contributed by atoms with Gasteiger partial charge in [0, 0.05) is 18.0 Å². The van der Waals surface area contributed by atoms with Gasteiger partial charge in [0.15, 0.2) is 22.9 Å². The molecule has 0 fully saturated rings. The first-order chi connectivity index (χ1) is 17.7. The SMILES string of the molecule is COc1ccc(-c2ccccc2C(F)(F)F)c2c(C(N)=O)c(C(C)=O)oc12.Nc1ccccc1C(F)(F)F. The zero-order chi connectivity index (χ0) is 28.4. The topological polar surface area (TPSA) is 109 Å². The Labute approximate surface area is 211 Å². The summed E-state index contributed by atoms with van der Waals surface area (Å²) in [6, 6.07) is 12.6. The predicted octanol–water partition coefficient (Wildman–Crippen LogP) is 6.72. The average molecular weight is 538 g/mol. The minimum atomic E-state index is -4.62. The molecule has 0 aliphatic carbocycles. The number of methoxy groups -OCH3 is 1. The summed E-state index contributed by atoms with van der Waals surface area (Å²) < 4.78 is 87.0. The maximum absolute atomic E-state index is 13.5. The number of anilines is 1. The van der Waals surface area contributed by atoms with E-state index >= 15 is 0 Å². The molecule has 0 bridgehead atoms. The lowest BCUT2D eigenvalue weighted by molar-refractivity contribution is -0.137. The molecule has 0 spiro atoms. The van der Waals surface area contributed by atoms with Gasteiger partial charge in [-0.1, -0.05) is 30.3 Å². The number of fused-ring (bicyclic) bond motifs is 1. The van der Waals surface area contributed by atoms with Crippen LogP contribution >= 0.6 is 0 Å². The molecule has 1 aromatic heterocycles. The molecule has 0 atom stereocenters. The molecule has 0 aliphatic rings. The number of ketones is 1. The van der Waals surface area contributed by atoms with Crippen LogP contribution in [0.25, 0.3) is 22.1 Å². The summed E-state index contributed by atoms with van der Waals surface area (Å²) in [6.07, 6.45) is -8.96. The van der Waals surface area contributed by atoms with Gasteiger partial charge in [0.25, 0.3) is 5.91 Å². The zero-order valence-corrected chi connectivity index (χ0v) is 19.8. The number of amides is 1. The molecule has 12 heteroatoms. The lowest BCUT2D eigenvalue weighted by Gasteiger charge is -2.14. The number of ether oxygens (including phenoxy) is 1. The standard InChI is InChI=1S/C19H14F3NO4.C7H6F3N/c1-9(24)16-15(18(23)25)14-11(7-8-13(26-2)17(14)27-16)10-5-3-4-6-12(10)19(20,21)22;8-7(9,10)5-3-1-2-4-6(5)11/h3-8H,1-2H3,(H2,23,25);1-4H,11H2. The quantitative estimate of drug-likeness (QED) is 0.170. The van der Waals surface area contributed by atoms with Crippen molar-refractivity contribution in [3.05, 3.63) is 83.1 Å². The number of Topliss-reactive ketones (excluding diaryl/α,β-unsaturated/α-hetero) is 1. The van der Waals surface area contributed by atoms with Crippen LogP contribution in [-0.2, 0) is 12.4 Å². The summed E-state index contributed by atoms with van der Waals surface area (Å²) in [5.41, 5.74) is 8.18. The lowest BCUT2D eigenvalue weighted by Crippen LogP contribution is -2.14. The van der Waals surface area contributed by atoms with E-state index in [9.17, 15) is 35.9 Å². The fourth-order valence-corrected chi connectivity index (χ4v) is 3.77. The number of halogens is 6. The molecular weight excluding hydrogens is 518 g/mol. The Hall–Kier alpha value is -4.48. The van der Waals surface area contributed by atoms with E-state index in [1.807, 2.05) is 0 Å². The third-order valence-corrected chi connectivity index (χ3v) is 5.38. The van der Waals surface area contributed by atoms with Crippen LogP contribution in [0.4, 0.5) is 32.0 Å². The van der Waals surface area contributed by atoms with E-state index in [0.29, 0.717) is 0 Å². The highest BCUT2D eigenvalue weighted by atomic mass is 19.4. The number of nitrogens with two attached hydrogens (primary N) is 2. The smallest absolute Gasteiger partial charge is 0.418 e. The number of para-hydroxylation sites is 1. The first-order valence-corrected chi connectivity index (χ1v) is 10.7. The summed E-state index contributed by atoms with van der Waals surface area (Å²) in [4.78, 5) is 23.9. The van der Waals surface area contributed by atoms with E-state index in [1.54, 1.807) is 0 Å². The van der Waals surface area contributed by atoms with Gasteiger partial charge in [-0.2, -0.15) is 26.3 Å². The first kappa shape index (κ1) is 28.1. The lowest BCUT2D eigenvalue weighted by atomic mass is 9.93. The summed E-state index contributed by atoms with van der Waals surface area (Å²) in [5.74, 6) is -1.74. The second kappa shape index (κ2) is 10.5. The Morgan fingerprint density at radius 2 is 1.37 bits per heavy atom. The van der Waals surface area contributed by atoms with Gasteiger partial charge in [0.2, 0.25) is 0 Å². The number of furan rings is 1. The van der Waals surface area contributed by atoms with Crippen molar-refractivity contribution in [3.63, 3.8) is 0 Å². The van der Waals surface area contributed by atoms with E-state index in [1.165, 1.54) is 62.6 Å². The van der Waals surface area contributed by atoms with Crippen molar-refractivity contribution in [3.8, 4) is 16.9 Å². The molecule has 4 N–H and O–H groups in total. The van der Waals surface area contributed by atoms with Crippen LogP contribution in [0.1, 0.15) is 39.0 Å². The van der Waals surface area contributed by atoms with Gasteiger partial charge in [-0.15, -0.1) is 0 Å². The zero-order valence-electron chi connectivity index (χ0n) is 19.8. The Morgan fingerprint density at radius 1 is 0.816 bits per heavy atom. The van der Waals surface area contributed by atoms with Gasteiger partial charge in [-0.05, 0) is 41.5 Å². The fourth-order valence-electron chi connectivity index (χ4n) is 3.77. The average Bonchev–Trinajstić information content (AvgIpc) is 3.24. The Kier molecular flexibility index (Phi) is 7.75. The first-order valence-electron chi connectivity index (χ1n) is 10.7. The molecule has 1 heterocycles. The number of benzene rings is 3. The monoisotopic (exact) mass is 538 g/mol. The van der Waals surface area contributed by atoms with Crippen LogP contribution < -0.4 is 16.2 Å². The van der Waals surface area contributed by atoms with Gasteiger partial charge >= 0.3 is 12.4 Å². The predicted molar refractivity (Wildman–Crippen MR) is 128 cm³/mol. The van der Waals surface area contributed by atoms with Gasteiger partial charge in [-0.3, -0.25) is 9.59 Å². The molecule has 0 aliphatic heterocycles. The van der Waals surface area contributed by atoms with Gasteiger partial charge in [-0.25, -0.2) is 0 Å². The van der Waals surface area contributed by atoms with E-state index in [-0.39, 0.29) is 44.9 Å². The third-order valence-electron chi connectivity index (χ3n) is 5.38. The minimum Gasteiger partial charge on any atom is -0.493 e. The maximum atomic E-state index is 13.5. The van der Waals surface area contributed by atoms with Crippen LogP contribution in [0.2, 0.25) is 0 Å². The molecule has 38 heavy (non-hydrogen) atoms. The van der Waals surface area contributed by atoms with Crippen molar-refractivity contribution in [2.45, 2.75) is 19.3 Å². The number of carbonyl (C=O) groups excluding carboxylic acids is 2. The molecule has 0 radical (unpaired) electrons. The summed E-state index contributed by atoms with van der Waals surface area (Å²) in [5, 5.41) is 0.00347. The van der Waals surface area contributed by atoms with Crippen LogP contribution in [0, 0.1) is 0 Å². The fraction of sp³-hybridized carbons (Fsp3) is 0.154. The van der Waals surface area contributed by atoms with Crippen LogP contribution in [0.15, 0.2) is 65.1 Å². The number of primary amides is 1. The largest absolute Gasteiger partial charge is 0.493 e. The van der Waals surface area contributed by atoms with E-state index < -0.39 is 35.2 Å². The van der Waals surface area contributed by atoms with E-state index in [2.05, 4.69) is 0 Å². The van der Waals surface area contributed by atoms with Crippen molar-refractivity contribution in [2.75, 3.05) is 12.8 Å². The molecule has 1 amide bonds. The number of alkyl halides is 6. The van der Waals surface area contributed by atoms with Crippen molar-refractivity contribution < 1.29 is 45.1 Å². The molecule has 0 unspecified atom stereocenters. The summed E-state index contributed by atoms with van der Waals surface area (Å²) >= 11 is 0. The molecule has 200 valence electrons.